The third kappa shape index (κ3) is 0.920. The topological polar surface area (TPSA) is 40.5 Å². The number of nitrogens with zero attached hydrogens (tertiary/aromatic N) is 1. The van der Waals surface area contributed by atoms with Crippen LogP contribution in [0.3, 0.4) is 0 Å². The molecule has 0 radical (unpaired) electrons. The quantitative estimate of drug-likeness (QED) is 0.483. The molecule has 1 atom stereocenters. The van der Waals surface area contributed by atoms with Crippen molar-refractivity contribution in [2.75, 3.05) is 13.6 Å². The normalized spacial score (nSPS) is 35.9. The molecule has 0 saturated carbocycles. The van der Waals surface area contributed by atoms with E-state index in [9.17, 15) is 9.90 Å². The summed E-state index contributed by atoms with van der Waals surface area (Å²) in [7, 11) is 1.70. The Kier molecular flexibility index (Phi) is 1.24. The predicted octanol–water partition coefficient (Wildman–Crippen LogP) is -0.401. The first-order valence-electron chi connectivity index (χ1n) is 3.02. The fraction of sp³-hybridized carbons (Fsp3) is 0.833. The summed E-state index contributed by atoms with van der Waals surface area (Å²) >= 11 is 0. The van der Waals surface area contributed by atoms with E-state index in [-0.39, 0.29) is 5.91 Å². The van der Waals surface area contributed by atoms with Crippen molar-refractivity contribution < 1.29 is 9.90 Å². The van der Waals surface area contributed by atoms with Gasteiger partial charge in [0.1, 0.15) is 5.60 Å². The minimum absolute atomic E-state index is 0.164. The molecule has 1 rings (SSSR count). The summed E-state index contributed by atoms with van der Waals surface area (Å²) in [6.07, 6.45) is 0.558. The molecule has 0 unspecified atom stereocenters. The number of likely N-dealkylation sites (tertiary alicyclic amines) is 1. The van der Waals surface area contributed by atoms with Crippen LogP contribution >= 0.6 is 0 Å². The lowest BCUT2D eigenvalue weighted by Crippen LogP contribution is -2.35. The van der Waals surface area contributed by atoms with Crippen LogP contribution in [0, 0.1) is 0 Å². The Hall–Kier alpha value is -0.570. The molecular formula is C6H11NO2. The van der Waals surface area contributed by atoms with Crippen molar-refractivity contribution >= 4 is 5.91 Å². The second-order valence-electron chi connectivity index (χ2n) is 2.75. The van der Waals surface area contributed by atoms with Gasteiger partial charge in [0.2, 0.25) is 0 Å². The Morgan fingerprint density at radius 3 is 2.44 bits per heavy atom. The zero-order valence-corrected chi connectivity index (χ0v) is 5.72. The summed E-state index contributed by atoms with van der Waals surface area (Å²) in [4.78, 5) is 12.4. The van der Waals surface area contributed by atoms with Gasteiger partial charge in [-0.1, -0.05) is 0 Å². The summed E-state index contributed by atoms with van der Waals surface area (Å²) in [6, 6.07) is 0. The number of rotatable bonds is 0. The van der Waals surface area contributed by atoms with Crippen LogP contribution in [0.1, 0.15) is 13.3 Å². The smallest absolute Gasteiger partial charge is 0.254 e. The summed E-state index contributed by atoms with van der Waals surface area (Å²) in [5.41, 5.74) is -1.09. The van der Waals surface area contributed by atoms with Gasteiger partial charge < -0.3 is 10.0 Å². The zero-order valence-electron chi connectivity index (χ0n) is 5.72. The lowest BCUT2D eigenvalue weighted by Gasteiger charge is -2.13. The molecule has 1 amide bonds. The first-order chi connectivity index (χ1) is 4.04. The first kappa shape index (κ1) is 6.55. The van der Waals surface area contributed by atoms with Crippen LogP contribution in [0.25, 0.3) is 0 Å². The average Bonchev–Trinajstić information content (AvgIpc) is 1.97. The lowest BCUT2D eigenvalue weighted by molar-refractivity contribution is -0.140. The molecule has 1 fully saturated rings. The van der Waals surface area contributed by atoms with E-state index in [4.69, 9.17) is 0 Å². The van der Waals surface area contributed by atoms with Crippen LogP contribution in [0.4, 0.5) is 0 Å². The van der Waals surface area contributed by atoms with Crippen molar-refractivity contribution in [3.8, 4) is 0 Å². The standard InChI is InChI=1S/C6H11NO2/c1-6(9)3-4-7(2)5(6)8/h9H,3-4H2,1-2H3/t6-/m1/s1. The average molecular weight is 129 g/mol. The van der Waals surface area contributed by atoms with Gasteiger partial charge in [0, 0.05) is 20.0 Å². The lowest BCUT2D eigenvalue weighted by atomic mass is 10.1. The van der Waals surface area contributed by atoms with Gasteiger partial charge in [-0.3, -0.25) is 4.79 Å². The van der Waals surface area contributed by atoms with Gasteiger partial charge in [0.15, 0.2) is 0 Å². The van der Waals surface area contributed by atoms with Crippen molar-refractivity contribution in [2.45, 2.75) is 18.9 Å². The van der Waals surface area contributed by atoms with E-state index in [1.54, 1.807) is 18.9 Å². The maximum Gasteiger partial charge on any atom is 0.254 e. The maximum atomic E-state index is 10.9. The summed E-state index contributed by atoms with van der Waals surface area (Å²) in [6.45, 7) is 2.23. The Balaban J connectivity index is 2.74. The van der Waals surface area contributed by atoms with Crippen molar-refractivity contribution in [1.82, 2.24) is 4.90 Å². The van der Waals surface area contributed by atoms with Crippen molar-refractivity contribution in [2.24, 2.45) is 0 Å². The molecule has 0 bridgehead atoms. The van der Waals surface area contributed by atoms with Crippen LogP contribution in [-0.2, 0) is 4.79 Å². The van der Waals surface area contributed by atoms with Crippen molar-refractivity contribution in [3.05, 3.63) is 0 Å². The van der Waals surface area contributed by atoms with Crippen LogP contribution in [0.15, 0.2) is 0 Å². The number of aliphatic hydroxyl groups is 1. The van der Waals surface area contributed by atoms with Gasteiger partial charge in [-0.05, 0) is 6.92 Å². The molecule has 0 aliphatic carbocycles. The maximum absolute atomic E-state index is 10.9. The van der Waals surface area contributed by atoms with E-state index in [1.165, 1.54) is 0 Å². The molecule has 1 saturated heterocycles. The molecule has 1 aliphatic rings. The van der Waals surface area contributed by atoms with Gasteiger partial charge in [-0.15, -0.1) is 0 Å². The fourth-order valence-electron chi connectivity index (χ4n) is 1.01. The molecular weight excluding hydrogens is 118 g/mol. The Bertz CT molecular complexity index is 142. The Morgan fingerprint density at radius 2 is 2.33 bits per heavy atom. The highest BCUT2D eigenvalue weighted by Gasteiger charge is 2.38. The highest BCUT2D eigenvalue weighted by molar-refractivity contribution is 5.86. The van der Waals surface area contributed by atoms with Crippen LogP contribution in [0.5, 0.6) is 0 Å². The Labute approximate surface area is 54.3 Å². The fourth-order valence-corrected chi connectivity index (χ4v) is 1.01. The van der Waals surface area contributed by atoms with Gasteiger partial charge in [-0.25, -0.2) is 0 Å². The van der Waals surface area contributed by atoms with Gasteiger partial charge in [0.05, 0.1) is 0 Å². The molecule has 3 heteroatoms. The molecule has 0 aromatic carbocycles. The SMILES string of the molecule is CN1CC[C@@](C)(O)C1=O. The number of hydrogen-bond acceptors (Lipinski definition) is 2. The van der Waals surface area contributed by atoms with Crippen LogP contribution < -0.4 is 0 Å². The molecule has 0 aromatic heterocycles. The van der Waals surface area contributed by atoms with E-state index in [2.05, 4.69) is 0 Å². The molecule has 3 nitrogen and oxygen atoms in total. The van der Waals surface area contributed by atoms with Gasteiger partial charge in [-0.2, -0.15) is 0 Å². The Morgan fingerprint density at radius 1 is 1.78 bits per heavy atom. The number of hydrogen-bond donors (Lipinski definition) is 1. The molecule has 0 spiro atoms. The zero-order chi connectivity index (χ0) is 7.07. The van der Waals surface area contributed by atoms with E-state index >= 15 is 0 Å². The second kappa shape index (κ2) is 1.70. The molecule has 1 aliphatic heterocycles. The summed E-state index contributed by atoms with van der Waals surface area (Å²) in [5.74, 6) is -0.164. The molecule has 1 heterocycles. The number of carbonyl (C=O) groups excluding carboxylic acids is 1. The number of likely N-dealkylation sites (N-methyl/N-ethyl adjacent to an activating group) is 1. The van der Waals surface area contributed by atoms with Gasteiger partial charge in [0.25, 0.3) is 5.91 Å². The van der Waals surface area contributed by atoms with Crippen molar-refractivity contribution in [3.63, 3.8) is 0 Å². The van der Waals surface area contributed by atoms with E-state index < -0.39 is 5.60 Å². The number of carbonyl (C=O) groups is 1. The predicted molar refractivity (Wildman–Crippen MR) is 32.9 cm³/mol. The van der Waals surface area contributed by atoms with Crippen molar-refractivity contribution in [1.29, 1.82) is 0 Å². The highest BCUT2D eigenvalue weighted by atomic mass is 16.3. The third-order valence-corrected chi connectivity index (χ3v) is 1.74. The van der Waals surface area contributed by atoms with E-state index in [0.717, 1.165) is 0 Å². The van der Waals surface area contributed by atoms with Crippen LogP contribution in [-0.4, -0.2) is 35.1 Å². The largest absolute Gasteiger partial charge is 0.380 e. The molecule has 1 N–H and O–H groups in total. The summed E-state index contributed by atoms with van der Waals surface area (Å²) in [5, 5.41) is 9.24. The van der Waals surface area contributed by atoms with E-state index in [1.807, 2.05) is 0 Å². The van der Waals surface area contributed by atoms with E-state index in [0.29, 0.717) is 13.0 Å². The first-order valence-corrected chi connectivity index (χ1v) is 3.02. The van der Waals surface area contributed by atoms with Gasteiger partial charge >= 0.3 is 0 Å². The monoisotopic (exact) mass is 129 g/mol. The van der Waals surface area contributed by atoms with Crippen LogP contribution in [0.2, 0.25) is 0 Å². The second-order valence-corrected chi connectivity index (χ2v) is 2.75. The summed E-state index contributed by atoms with van der Waals surface area (Å²) < 4.78 is 0. The number of amides is 1. The minimum Gasteiger partial charge on any atom is -0.380 e. The molecule has 9 heavy (non-hydrogen) atoms. The molecule has 0 aromatic rings. The molecule has 52 valence electrons. The minimum atomic E-state index is -1.09. The third-order valence-electron chi connectivity index (χ3n) is 1.74. The highest BCUT2D eigenvalue weighted by Crippen LogP contribution is 2.19.